The zero-order chi connectivity index (χ0) is 12.3. The van der Waals surface area contributed by atoms with E-state index in [1.54, 1.807) is 0 Å². The highest BCUT2D eigenvalue weighted by molar-refractivity contribution is 5.82. The van der Waals surface area contributed by atoms with Gasteiger partial charge in [0.1, 0.15) is 0 Å². The minimum Gasteiger partial charge on any atom is -0.341 e. The predicted molar refractivity (Wildman–Crippen MR) is 67.0 cm³/mol. The van der Waals surface area contributed by atoms with E-state index in [2.05, 4.69) is 27.7 Å². The van der Waals surface area contributed by atoms with Crippen molar-refractivity contribution in [3.05, 3.63) is 0 Å². The summed E-state index contributed by atoms with van der Waals surface area (Å²) in [5, 5.41) is 0. The Balaban J connectivity index is 2.60. The molecule has 0 radical (unpaired) electrons. The molecule has 0 saturated carbocycles. The van der Waals surface area contributed by atoms with E-state index < -0.39 is 0 Å². The van der Waals surface area contributed by atoms with Crippen LogP contribution in [0.4, 0.5) is 0 Å². The summed E-state index contributed by atoms with van der Waals surface area (Å²) < 4.78 is 0. The normalized spacial score (nSPS) is 23.9. The summed E-state index contributed by atoms with van der Waals surface area (Å²) in [6, 6.07) is -0.320. The molecule has 1 saturated heterocycles. The zero-order valence-corrected chi connectivity index (χ0v) is 11.1. The molecule has 1 aliphatic heterocycles. The van der Waals surface area contributed by atoms with Gasteiger partial charge in [-0.2, -0.15) is 0 Å². The predicted octanol–water partition coefficient (Wildman–Crippen LogP) is 2.01. The maximum absolute atomic E-state index is 12.2. The first-order valence-electron chi connectivity index (χ1n) is 6.42. The number of likely N-dealkylation sites (tertiary alicyclic amines) is 1. The number of carbonyl (C=O) groups excluding carboxylic acids is 1. The highest BCUT2D eigenvalue weighted by Gasteiger charge is 2.32. The van der Waals surface area contributed by atoms with Gasteiger partial charge in [-0.3, -0.25) is 4.79 Å². The van der Waals surface area contributed by atoms with Crippen molar-refractivity contribution in [2.75, 3.05) is 13.1 Å². The van der Waals surface area contributed by atoms with E-state index in [1.807, 2.05) is 4.90 Å². The zero-order valence-electron chi connectivity index (χ0n) is 11.1. The third-order valence-corrected chi connectivity index (χ3v) is 3.75. The molecule has 94 valence electrons. The van der Waals surface area contributed by atoms with Gasteiger partial charge < -0.3 is 10.6 Å². The van der Waals surface area contributed by atoms with Crippen LogP contribution in [0.1, 0.15) is 47.0 Å². The SMILES string of the molecule is CC[C@H](C)[C@H](N)C(=O)N1CCCC(C)(C)C1. The molecule has 2 N–H and O–H groups in total. The second-order valence-electron chi connectivity index (χ2n) is 5.94. The molecular formula is C13H26N2O. The molecular weight excluding hydrogens is 200 g/mol. The Morgan fingerprint density at radius 3 is 2.62 bits per heavy atom. The number of nitrogens with two attached hydrogens (primary N) is 1. The van der Waals surface area contributed by atoms with Gasteiger partial charge in [0.25, 0.3) is 0 Å². The van der Waals surface area contributed by atoms with Crippen LogP contribution in [-0.4, -0.2) is 29.9 Å². The summed E-state index contributed by atoms with van der Waals surface area (Å²) in [4.78, 5) is 14.1. The third-order valence-electron chi connectivity index (χ3n) is 3.75. The van der Waals surface area contributed by atoms with Crippen LogP contribution in [-0.2, 0) is 4.79 Å². The Kier molecular flexibility index (Phi) is 4.36. The lowest BCUT2D eigenvalue weighted by atomic mass is 9.83. The Morgan fingerprint density at radius 1 is 1.50 bits per heavy atom. The van der Waals surface area contributed by atoms with Crippen LogP contribution in [0, 0.1) is 11.3 Å². The fourth-order valence-corrected chi connectivity index (χ4v) is 2.32. The minimum atomic E-state index is -0.320. The Labute approximate surface area is 99.4 Å². The van der Waals surface area contributed by atoms with E-state index in [9.17, 15) is 4.79 Å². The lowest BCUT2D eigenvalue weighted by Crippen LogP contribution is -2.52. The van der Waals surface area contributed by atoms with Crippen LogP contribution in [0.15, 0.2) is 0 Å². The Morgan fingerprint density at radius 2 is 2.12 bits per heavy atom. The van der Waals surface area contributed by atoms with Crippen LogP contribution < -0.4 is 5.73 Å². The molecule has 1 aliphatic rings. The molecule has 0 unspecified atom stereocenters. The molecule has 1 heterocycles. The number of hydrogen-bond acceptors (Lipinski definition) is 2. The highest BCUT2D eigenvalue weighted by Crippen LogP contribution is 2.28. The van der Waals surface area contributed by atoms with E-state index >= 15 is 0 Å². The van der Waals surface area contributed by atoms with Gasteiger partial charge in [-0.1, -0.05) is 34.1 Å². The first-order chi connectivity index (χ1) is 7.37. The second-order valence-corrected chi connectivity index (χ2v) is 5.94. The molecule has 1 rings (SSSR count). The molecule has 2 atom stereocenters. The summed E-state index contributed by atoms with van der Waals surface area (Å²) in [6.07, 6.45) is 3.27. The summed E-state index contributed by atoms with van der Waals surface area (Å²) in [5.74, 6) is 0.416. The maximum atomic E-state index is 12.2. The largest absolute Gasteiger partial charge is 0.341 e. The van der Waals surface area contributed by atoms with Crippen molar-refractivity contribution in [2.24, 2.45) is 17.1 Å². The molecule has 0 bridgehead atoms. The fraction of sp³-hybridized carbons (Fsp3) is 0.923. The van der Waals surface area contributed by atoms with Gasteiger partial charge in [0.2, 0.25) is 5.91 Å². The van der Waals surface area contributed by atoms with Crippen molar-refractivity contribution in [1.82, 2.24) is 4.90 Å². The van der Waals surface area contributed by atoms with Gasteiger partial charge in [0.15, 0.2) is 0 Å². The molecule has 0 aromatic heterocycles. The molecule has 0 aromatic rings. The number of hydrogen-bond donors (Lipinski definition) is 1. The number of amides is 1. The molecule has 1 amide bonds. The minimum absolute atomic E-state index is 0.141. The lowest BCUT2D eigenvalue weighted by molar-refractivity contribution is -0.136. The quantitative estimate of drug-likeness (QED) is 0.800. The summed E-state index contributed by atoms with van der Waals surface area (Å²) >= 11 is 0. The average molecular weight is 226 g/mol. The number of rotatable bonds is 3. The second kappa shape index (κ2) is 5.17. The van der Waals surface area contributed by atoms with E-state index in [4.69, 9.17) is 5.73 Å². The van der Waals surface area contributed by atoms with Crippen molar-refractivity contribution >= 4 is 5.91 Å². The lowest BCUT2D eigenvalue weighted by Gasteiger charge is -2.39. The average Bonchev–Trinajstić information content (AvgIpc) is 2.24. The fourth-order valence-electron chi connectivity index (χ4n) is 2.32. The summed E-state index contributed by atoms with van der Waals surface area (Å²) in [7, 11) is 0. The summed E-state index contributed by atoms with van der Waals surface area (Å²) in [5.41, 5.74) is 6.25. The molecule has 3 nitrogen and oxygen atoms in total. The van der Waals surface area contributed by atoms with Crippen molar-refractivity contribution < 1.29 is 4.79 Å². The van der Waals surface area contributed by atoms with Crippen molar-refractivity contribution in [3.63, 3.8) is 0 Å². The number of nitrogens with zero attached hydrogens (tertiary/aromatic N) is 1. The smallest absolute Gasteiger partial charge is 0.239 e. The van der Waals surface area contributed by atoms with Gasteiger partial charge in [-0.25, -0.2) is 0 Å². The van der Waals surface area contributed by atoms with Gasteiger partial charge in [-0.15, -0.1) is 0 Å². The molecule has 0 aliphatic carbocycles. The van der Waals surface area contributed by atoms with Crippen LogP contribution in [0.2, 0.25) is 0 Å². The van der Waals surface area contributed by atoms with Crippen molar-refractivity contribution in [3.8, 4) is 0 Å². The first kappa shape index (κ1) is 13.5. The van der Waals surface area contributed by atoms with E-state index in [0.29, 0.717) is 0 Å². The van der Waals surface area contributed by atoms with Crippen LogP contribution in [0.25, 0.3) is 0 Å². The molecule has 3 heteroatoms. The third kappa shape index (κ3) is 3.21. The van der Waals surface area contributed by atoms with Gasteiger partial charge in [0, 0.05) is 13.1 Å². The van der Waals surface area contributed by atoms with E-state index in [0.717, 1.165) is 25.9 Å². The highest BCUT2D eigenvalue weighted by atomic mass is 16.2. The van der Waals surface area contributed by atoms with Gasteiger partial charge >= 0.3 is 0 Å². The van der Waals surface area contributed by atoms with Gasteiger partial charge in [-0.05, 0) is 24.2 Å². The standard InChI is InChI=1S/C13H26N2O/c1-5-10(2)11(14)12(16)15-8-6-7-13(3,4)9-15/h10-11H,5-9,14H2,1-4H3/t10-,11-/m0/s1. The van der Waals surface area contributed by atoms with Gasteiger partial charge in [0.05, 0.1) is 6.04 Å². The van der Waals surface area contributed by atoms with Crippen molar-refractivity contribution in [2.45, 2.75) is 53.0 Å². The first-order valence-corrected chi connectivity index (χ1v) is 6.42. The molecule has 16 heavy (non-hydrogen) atoms. The van der Waals surface area contributed by atoms with Crippen LogP contribution in [0.5, 0.6) is 0 Å². The van der Waals surface area contributed by atoms with Crippen molar-refractivity contribution in [1.29, 1.82) is 0 Å². The van der Waals surface area contributed by atoms with Crippen LogP contribution in [0.3, 0.4) is 0 Å². The van der Waals surface area contributed by atoms with E-state index in [-0.39, 0.29) is 23.3 Å². The Bertz CT molecular complexity index is 250. The van der Waals surface area contributed by atoms with Crippen LogP contribution >= 0.6 is 0 Å². The molecule has 0 aromatic carbocycles. The topological polar surface area (TPSA) is 46.3 Å². The summed E-state index contributed by atoms with van der Waals surface area (Å²) in [6.45, 7) is 10.3. The number of carbonyl (C=O) groups is 1. The molecule has 1 fully saturated rings. The molecule has 0 spiro atoms. The monoisotopic (exact) mass is 226 g/mol. The Hall–Kier alpha value is -0.570. The maximum Gasteiger partial charge on any atom is 0.239 e. The van der Waals surface area contributed by atoms with E-state index in [1.165, 1.54) is 6.42 Å². The number of piperidine rings is 1.